The molecule has 0 aliphatic heterocycles. The van der Waals surface area contributed by atoms with Crippen molar-refractivity contribution in [3.63, 3.8) is 0 Å². The third-order valence-electron chi connectivity index (χ3n) is 4.71. The van der Waals surface area contributed by atoms with Crippen LogP contribution < -0.4 is 0 Å². The predicted molar refractivity (Wildman–Crippen MR) is 143 cm³/mol. The molecule has 0 aromatic heterocycles. The Bertz CT molecular complexity index is 440. The zero-order chi connectivity index (χ0) is 25.8. The van der Waals surface area contributed by atoms with E-state index in [1.54, 1.807) is 0 Å². The minimum Gasteiger partial charge on any atom is -0.677 e. The third kappa shape index (κ3) is 28.2. The van der Waals surface area contributed by atoms with E-state index in [-0.39, 0.29) is 22.7 Å². The Morgan fingerprint density at radius 1 is 0.688 bits per heavy atom. The van der Waals surface area contributed by atoms with Gasteiger partial charge in [-0.1, -0.05) is 65.7 Å². The molecule has 0 bridgehead atoms. The Morgan fingerprint density at radius 3 is 1.22 bits per heavy atom. The number of hydrogen-bond acceptors (Lipinski definition) is 2. The Labute approximate surface area is 212 Å². The molecular formula is C27H59MoN4-3. The van der Waals surface area contributed by atoms with Crippen molar-refractivity contribution in [1.29, 1.82) is 0 Å². The first-order chi connectivity index (χ1) is 14.6. The third-order valence-corrected chi connectivity index (χ3v) is 7.54. The fourth-order valence-electron chi connectivity index (χ4n) is 1.72. The van der Waals surface area contributed by atoms with E-state index in [2.05, 4.69) is 115 Å². The van der Waals surface area contributed by atoms with E-state index in [0.717, 1.165) is 25.9 Å². The van der Waals surface area contributed by atoms with E-state index < -0.39 is 18.2 Å². The molecule has 0 radical (unpaired) electrons. The van der Waals surface area contributed by atoms with Crippen molar-refractivity contribution in [2.24, 2.45) is 12.4 Å². The molecule has 5 heteroatoms. The summed E-state index contributed by atoms with van der Waals surface area (Å²) in [6.45, 7) is 32.4. The van der Waals surface area contributed by atoms with E-state index >= 15 is 0 Å². The molecule has 0 heterocycles. The minimum atomic E-state index is -0.492. The van der Waals surface area contributed by atoms with Gasteiger partial charge >= 0.3 is 90.7 Å². The van der Waals surface area contributed by atoms with Gasteiger partial charge in [0.05, 0.1) is 0 Å². The number of rotatable bonds is 12. The number of hydrogen-bond donors (Lipinski definition) is 0. The summed E-state index contributed by atoms with van der Waals surface area (Å²) in [5.41, 5.74) is 0.479. The van der Waals surface area contributed by atoms with Crippen molar-refractivity contribution in [2.75, 3.05) is 13.1 Å². The number of unbranched alkanes of at least 4 members (excludes halogenated alkanes) is 2. The van der Waals surface area contributed by atoms with E-state index in [0.29, 0.717) is 0 Å². The first-order valence-corrected chi connectivity index (χ1v) is 14.6. The van der Waals surface area contributed by atoms with Gasteiger partial charge in [0.2, 0.25) is 0 Å². The molecule has 4 nitrogen and oxygen atoms in total. The summed E-state index contributed by atoms with van der Waals surface area (Å²) in [6, 6.07) is 0. The maximum atomic E-state index is 4.69. The van der Waals surface area contributed by atoms with Crippen molar-refractivity contribution in [3.05, 3.63) is 16.6 Å². The predicted octanol–water partition coefficient (Wildman–Crippen LogP) is 10.1. The second-order valence-electron chi connectivity index (χ2n) is 11.4. The van der Waals surface area contributed by atoms with E-state index in [1.165, 1.54) is 31.6 Å². The molecule has 0 aliphatic carbocycles. The molecule has 0 unspecified atom stereocenters. The second-order valence-corrected chi connectivity index (χ2v) is 12.7. The summed E-state index contributed by atoms with van der Waals surface area (Å²) in [6.07, 6.45) is 7.23. The van der Waals surface area contributed by atoms with Gasteiger partial charge in [-0.2, -0.15) is 20.8 Å². The van der Waals surface area contributed by atoms with Gasteiger partial charge in [0.25, 0.3) is 0 Å². The summed E-state index contributed by atoms with van der Waals surface area (Å²) in [5, 5.41) is 9.38. The maximum Gasteiger partial charge on any atom is -0.0578 e. The Kier molecular flexibility index (Phi) is 23.6. The van der Waals surface area contributed by atoms with Crippen LogP contribution >= 0.6 is 0 Å². The van der Waals surface area contributed by atoms with Crippen LogP contribution in [0.4, 0.5) is 0 Å². The average Bonchev–Trinajstić information content (AvgIpc) is 2.66. The summed E-state index contributed by atoms with van der Waals surface area (Å²) in [4.78, 5) is 0. The van der Waals surface area contributed by atoms with Crippen molar-refractivity contribution < 1.29 is 18.2 Å². The first-order valence-electron chi connectivity index (χ1n) is 12.8. The number of nitrogens with zero attached hydrogens (tertiary/aromatic N) is 4. The molecule has 0 atom stereocenters. The van der Waals surface area contributed by atoms with Crippen LogP contribution in [0.1, 0.15) is 135 Å². The second kappa shape index (κ2) is 20.6. The van der Waals surface area contributed by atoms with Crippen LogP contribution in [0.3, 0.4) is 0 Å². The van der Waals surface area contributed by atoms with Crippen LogP contribution in [0.15, 0.2) is 6.99 Å². The Balaban J connectivity index is -0.000000453. The van der Waals surface area contributed by atoms with Gasteiger partial charge in [0.1, 0.15) is 0 Å². The van der Waals surface area contributed by atoms with E-state index in [4.69, 9.17) is 0 Å². The summed E-state index contributed by atoms with van der Waals surface area (Å²) in [7, 11) is 0. The molecule has 0 saturated carbocycles. The molecule has 0 fully saturated rings. The van der Waals surface area contributed by atoms with E-state index in [9.17, 15) is 0 Å². The van der Waals surface area contributed by atoms with Crippen LogP contribution in [0.25, 0.3) is 10.6 Å². The van der Waals surface area contributed by atoms with Gasteiger partial charge in [0.15, 0.2) is 0 Å². The largest absolute Gasteiger partial charge is 0.677 e. The zero-order valence-electron chi connectivity index (χ0n) is 24.4. The SMILES string of the molecule is CCC(C)(C)[N]=[Mo]=[N]C(C)(C)CC.CCCC[N-]C([N-]CCCC)C(C)(C)C.C[C-](C)C. The fourth-order valence-corrected chi connectivity index (χ4v) is 3.54. The van der Waals surface area contributed by atoms with Gasteiger partial charge < -0.3 is 16.6 Å². The van der Waals surface area contributed by atoms with Crippen molar-refractivity contribution in [1.82, 2.24) is 0 Å². The maximum absolute atomic E-state index is 4.69. The van der Waals surface area contributed by atoms with Gasteiger partial charge in [-0.25, -0.2) is 6.17 Å². The molecule has 196 valence electrons. The van der Waals surface area contributed by atoms with Gasteiger partial charge in [-0.05, 0) is 0 Å². The molecule has 0 aromatic carbocycles. The monoisotopic (exact) mass is 537 g/mol. The van der Waals surface area contributed by atoms with Crippen LogP contribution in [0.5, 0.6) is 0 Å². The fraction of sp³-hybridized carbons (Fsp3) is 0.963. The van der Waals surface area contributed by atoms with Crippen molar-refractivity contribution in [3.8, 4) is 0 Å². The molecular weight excluding hydrogens is 476 g/mol. The summed E-state index contributed by atoms with van der Waals surface area (Å²) >= 11 is -0.492. The van der Waals surface area contributed by atoms with Crippen molar-refractivity contribution >= 4 is 0 Å². The molecule has 0 amide bonds. The molecule has 0 saturated heterocycles. The first kappa shape index (κ1) is 36.8. The standard InChI is InChI=1S/C13H28N2.2C5H11N.C4H9.Mo/c1-6-8-10-14-12(13(3,4)5)15-11-9-7-2;2*1-4-5(2,3)6;1-4(2)3;/h12H,6-11H2,1-5H3;2*4H2,1-3H3;1-3H3;/q-2;;;-1;. The minimum absolute atomic E-state index is 0.148. The average molecular weight is 536 g/mol. The van der Waals surface area contributed by atoms with Crippen molar-refractivity contribution in [2.45, 2.75) is 153 Å². The quantitative estimate of drug-likeness (QED) is 0.136. The van der Waals surface area contributed by atoms with Crippen LogP contribution in [0.2, 0.25) is 0 Å². The molecule has 0 spiro atoms. The van der Waals surface area contributed by atoms with Crippen LogP contribution in [0, 0.1) is 11.3 Å². The Hall–Kier alpha value is 0.208. The van der Waals surface area contributed by atoms with Gasteiger partial charge in [-0.3, -0.25) is 0 Å². The zero-order valence-corrected chi connectivity index (χ0v) is 26.4. The van der Waals surface area contributed by atoms with Crippen LogP contribution in [-0.2, 0) is 18.2 Å². The summed E-state index contributed by atoms with van der Waals surface area (Å²) < 4.78 is 9.34. The molecule has 0 N–H and O–H groups in total. The molecule has 0 rings (SSSR count). The van der Waals surface area contributed by atoms with Crippen LogP contribution in [-0.4, -0.2) is 30.3 Å². The summed E-state index contributed by atoms with van der Waals surface area (Å²) in [5.74, 6) is 1.42. The van der Waals surface area contributed by atoms with E-state index in [1.807, 2.05) is 0 Å². The molecule has 0 aliphatic rings. The molecule has 32 heavy (non-hydrogen) atoms. The smallest absolute Gasteiger partial charge is 0.0578 e. The Morgan fingerprint density at radius 2 is 1.00 bits per heavy atom. The van der Waals surface area contributed by atoms with Gasteiger partial charge in [-0.15, -0.1) is 13.1 Å². The topological polar surface area (TPSA) is 52.9 Å². The van der Waals surface area contributed by atoms with Gasteiger partial charge in [0, 0.05) is 0 Å². The normalized spacial score (nSPS) is 12.0. The molecule has 0 aromatic rings.